The third-order valence-electron chi connectivity index (χ3n) is 4.16. The molecule has 142 valence electrons. The zero-order chi connectivity index (χ0) is 19.2. The Labute approximate surface area is 166 Å². The number of carbonyl (C=O) groups is 2. The van der Waals surface area contributed by atoms with Crippen LogP contribution in [0.3, 0.4) is 0 Å². The monoisotopic (exact) mass is 407 g/mol. The number of nitrogens with zero attached hydrogens (tertiary/aromatic N) is 2. The number of hydrogen-bond acceptors (Lipinski definition) is 4. The minimum Gasteiger partial charge on any atom is -0.337 e. The van der Waals surface area contributed by atoms with Crippen LogP contribution in [0.1, 0.15) is 4.88 Å². The fourth-order valence-corrected chi connectivity index (χ4v) is 3.70. The second-order valence-electron chi connectivity index (χ2n) is 6.13. The van der Waals surface area contributed by atoms with Crippen molar-refractivity contribution in [2.45, 2.75) is 0 Å². The Morgan fingerprint density at radius 3 is 2.44 bits per heavy atom. The van der Waals surface area contributed by atoms with Gasteiger partial charge < -0.3 is 10.2 Å². The molecule has 0 bridgehead atoms. The normalized spacial score (nSPS) is 15.3. The van der Waals surface area contributed by atoms with Gasteiger partial charge in [-0.3, -0.25) is 14.5 Å². The first-order valence-electron chi connectivity index (χ1n) is 8.50. The Morgan fingerprint density at radius 2 is 1.81 bits per heavy atom. The molecule has 2 aromatic rings. The van der Waals surface area contributed by atoms with Crippen molar-refractivity contribution in [3.8, 4) is 0 Å². The fraction of sp³-hybridized carbons (Fsp3) is 0.263. The molecule has 3 rings (SSSR count). The first-order valence-corrected chi connectivity index (χ1v) is 9.69. The Kier molecular flexibility index (Phi) is 6.60. The predicted octanol–water partition coefficient (Wildman–Crippen LogP) is 3.34. The minimum absolute atomic E-state index is 0.0464. The third kappa shape index (κ3) is 5.89. The van der Waals surface area contributed by atoms with Crippen molar-refractivity contribution >= 4 is 46.5 Å². The van der Waals surface area contributed by atoms with Crippen LogP contribution in [0.2, 0.25) is 4.34 Å². The molecule has 2 amide bonds. The van der Waals surface area contributed by atoms with Gasteiger partial charge in [-0.25, -0.2) is 4.39 Å². The number of anilines is 1. The summed E-state index contributed by atoms with van der Waals surface area (Å²) in [5, 5.41) is 2.74. The molecule has 27 heavy (non-hydrogen) atoms. The number of hydrogen-bond donors (Lipinski definition) is 1. The van der Waals surface area contributed by atoms with E-state index in [0.29, 0.717) is 36.2 Å². The Balaban J connectivity index is 1.42. The van der Waals surface area contributed by atoms with Gasteiger partial charge in [0.1, 0.15) is 5.82 Å². The lowest BCUT2D eigenvalue weighted by Crippen LogP contribution is -2.50. The van der Waals surface area contributed by atoms with Crippen LogP contribution in [0.25, 0.3) is 6.08 Å². The highest BCUT2D eigenvalue weighted by Crippen LogP contribution is 2.22. The number of thiophene rings is 1. The van der Waals surface area contributed by atoms with E-state index in [4.69, 9.17) is 11.6 Å². The fourth-order valence-electron chi connectivity index (χ4n) is 2.74. The summed E-state index contributed by atoms with van der Waals surface area (Å²) in [4.78, 5) is 29.0. The van der Waals surface area contributed by atoms with Crippen molar-refractivity contribution in [2.24, 2.45) is 0 Å². The number of benzene rings is 1. The van der Waals surface area contributed by atoms with Gasteiger partial charge in [0, 0.05) is 42.8 Å². The summed E-state index contributed by atoms with van der Waals surface area (Å²) in [6.07, 6.45) is 3.32. The largest absolute Gasteiger partial charge is 0.337 e. The molecule has 8 heteroatoms. The highest BCUT2D eigenvalue weighted by Gasteiger charge is 2.21. The molecule has 0 saturated carbocycles. The van der Waals surface area contributed by atoms with Crippen LogP contribution >= 0.6 is 22.9 Å². The molecule has 0 aliphatic carbocycles. The van der Waals surface area contributed by atoms with Gasteiger partial charge in [-0.15, -0.1) is 11.3 Å². The average Bonchev–Trinajstić information content (AvgIpc) is 3.07. The molecular formula is C19H19ClFN3O2S. The van der Waals surface area contributed by atoms with Crippen molar-refractivity contribution < 1.29 is 14.0 Å². The van der Waals surface area contributed by atoms with Crippen LogP contribution in [0, 0.1) is 5.82 Å². The number of amides is 2. The molecule has 1 aromatic heterocycles. The molecule has 0 atom stereocenters. The molecule has 2 heterocycles. The highest BCUT2D eigenvalue weighted by atomic mass is 35.5. The Morgan fingerprint density at radius 1 is 1.11 bits per heavy atom. The summed E-state index contributed by atoms with van der Waals surface area (Å²) >= 11 is 7.29. The van der Waals surface area contributed by atoms with Crippen LogP contribution in [-0.4, -0.2) is 54.3 Å². The Hall–Kier alpha value is -2.22. The second kappa shape index (κ2) is 9.12. The molecule has 0 spiro atoms. The van der Waals surface area contributed by atoms with Gasteiger partial charge in [-0.1, -0.05) is 11.6 Å². The van der Waals surface area contributed by atoms with Crippen LogP contribution in [0.15, 0.2) is 42.5 Å². The molecule has 1 aliphatic heterocycles. The van der Waals surface area contributed by atoms with Crippen LogP contribution in [0.4, 0.5) is 10.1 Å². The third-order valence-corrected chi connectivity index (χ3v) is 5.36. The number of piperazine rings is 1. The van der Waals surface area contributed by atoms with E-state index < -0.39 is 0 Å². The smallest absolute Gasteiger partial charge is 0.246 e. The minimum atomic E-state index is -0.343. The van der Waals surface area contributed by atoms with E-state index in [9.17, 15) is 14.0 Å². The van der Waals surface area contributed by atoms with E-state index >= 15 is 0 Å². The topological polar surface area (TPSA) is 52.7 Å². The van der Waals surface area contributed by atoms with Crippen LogP contribution in [-0.2, 0) is 9.59 Å². The standard InChI is InChI=1S/C19H19ClFN3O2S/c20-17-7-5-16(27-17)6-8-19(26)24-11-9-23(10-12-24)13-18(25)22-15-3-1-14(21)2-4-15/h1-8H,9-13H2,(H,22,25)/b8-6+. The molecular weight excluding hydrogens is 389 g/mol. The first-order chi connectivity index (χ1) is 13.0. The quantitative estimate of drug-likeness (QED) is 0.773. The number of rotatable bonds is 5. The van der Waals surface area contributed by atoms with Crippen molar-refractivity contribution in [2.75, 3.05) is 38.0 Å². The molecule has 0 unspecified atom stereocenters. The van der Waals surface area contributed by atoms with E-state index in [1.807, 2.05) is 11.0 Å². The van der Waals surface area contributed by atoms with Crippen molar-refractivity contribution in [3.05, 3.63) is 57.5 Å². The SMILES string of the molecule is O=C(CN1CCN(C(=O)/C=C/c2ccc(Cl)s2)CC1)Nc1ccc(F)cc1. The highest BCUT2D eigenvalue weighted by molar-refractivity contribution is 7.17. The molecule has 1 aromatic carbocycles. The van der Waals surface area contributed by atoms with Crippen molar-refractivity contribution in [1.29, 1.82) is 0 Å². The number of nitrogens with one attached hydrogen (secondary N) is 1. The zero-order valence-electron chi connectivity index (χ0n) is 14.5. The molecule has 0 radical (unpaired) electrons. The summed E-state index contributed by atoms with van der Waals surface area (Å²) in [6, 6.07) is 9.32. The maximum absolute atomic E-state index is 12.9. The van der Waals surface area contributed by atoms with Gasteiger partial charge in [-0.05, 0) is 42.5 Å². The molecule has 1 N–H and O–H groups in total. The van der Waals surface area contributed by atoms with Gasteiger partial charge in [0.15, 0.2) is 0 Å². The van der Waals surface area contributed by atoms with Gasteiger partial charge in [0.25, 0.3) is 0 Å². The van der Waals surface area contributed by atoms with E-state index in [1.54, 1.807) is 23.1 Å². The second-order valence-corrected chi connectivity index (χ2v) is 7.88. The summed E-state index contributed by atoms with van der Waals surface area (Å²) in [7, 11) is 0. The van der Waals surface area contributed by atoms with E-state index in [0.717, 1.165) is 4.88 Å². The molecule has 5 nitrogen and oxygen atoms in total. The van der Waals surface area contributed by atoms with Crippen molar-refractivity contribution in [3.63, 3.8) is 0 Å². The van der Waals surface area contributed by atoms with Crippen LogP contribution < -0.4 is 5.32 Å². The average molecular weight is 408 g/mol. The summed E-state index contributed by atoms with van der Waals surface area (Å²) in [6.45, 7) is 2.63. The first kappa shape index (κ1) is 19.5. The summed E-state index contributed by atoms with van der Waals surface area (Å²) in [5.41, 5.74) is 0.564. The van der Waals surface area contributed by atoms with E-state index in [1.165, 1.54) is 35.6 Å². The lowest BCUT2D eigenvalue weighted by Gasteiger charge is -2.33. The molecule has 1 aliphatic rings. The predicted molar refractivity (Wildman–Crippen MR) is 106 cm³/mol. The van der Waals surface area contributed by atoms with Crippen molar-refractivity contribution in [1.82, 2.24) is 9.80 Å². The molecule has 1 fully saturated rings. The van der Waals surface area contributed by atoms with Gasteiger partial charge in [0.2, 0.25) is 11.8 Å². The lowest BCUT2D eigenvalue weighted by molar-refractivity contribution is -0.127. The number of halogens is 2. The van der Waals surface area contributed by atoms with E-state index in [2.05, 4.69) is 5.32 Å². The summed E-state index contributed by atoms with van der Waals surface area (Å²) < 4.78 is 13.6. The van der Waals surface area contributed by atoms with Gasteiger partial charge >= 0.3 is 0 Å². The number of carbonyl (C=O) groups excluding carboxylic acids is 2. The summed E-state index contributed by atoms with van der Waals surface area (Å²) in [5.74, 6) is -0.546. The van der Waals surface area contributed by atoms with E-state index in [-0.39, 0.29) is 24.2 Å². The zero-order valence-corrected chi connectivity index (χ0v) is 16.1. The van der Waals surface area contributed by atoms with Gasteiger partial charge in [0.05, 0.1) is 10.9 Å². The molecule has 1 saturated heterocycles. The maximum atomic E-state index is 12.9. The van der Waals surface area contributed by atoms with Crippen LogP contribution in [0.5, 0.6) is 0 Å². The van der Waals surface area contributed by atoms with Gasteiger partial charge in [-0.2, -0.15) is 0 Å². The maximum Gasteiger partial charge on any atom is 0.246 e. The Bertz CT molecular complexity index is 830. The lowest BCUT2D eigenvalue weighted by atomic mass is 10.2.